The molecule has 0 radical (unpaired) electrons. The van der Waals surface area contributed by atoms with Gasteiger partial charge in [-0.1, -0.05) is 133 Å². The molecule has 0 atom stereocenters. The van der Waals surface area contributed by atoms with Crippen LogP contribution in [0.3, 0.4) is 0 Å². The van der Waals surface area contributed by atoms with Gasteiger partial charge in [-0.25, -0.2) is 0 Å². The number of rotatable bonds is 8. The molecule has 264 valence electrons. The molecular formula is C42H32NO9P. The fourth-order valence-electron chi connectivity index (χ4n) is 6.47. The lowest BCUT2D eigenvalue weighted by molar-refractivity contribution is 0.372. The van der Waals surface area contributed by atoms with E-state index in [2.05, 4.69) is 0 Å². The Kier molecular flexibility index (Phi) is 8.83. The molecule has 0 unspecified atom stereocenters. The summed E-state index contributed by atoms with van der Waals surface area (Å²) in [5.74, 6) is -7.56. The first-order chi connectivity index (χ1) is 25.6. The van der Waals surface area contributed by atoms with E-state index in [0.29, 0.717) is 10.6 Å². The molecule has 0 amide bonds. The molecule has 7 rings (SSSR count). The van der Waals surface area contributed by atoms with Crippen molar-refractivity contribution in [2.24, 2.45) is 0 Å². The van der Waals surface area contributed by atoms with Gasteiger partial charge in [-0.2, -0.15) is 0 Å². The third-order valence-electron chi connectivity index (χ3n) is 9.00. The van der Waals surface area contributed by atoms with Crippen molar-refractivity contribution in [1.82, 2.24) is 0 Å². The number of hydrogen-bond donors (Lipinski definition) is 8. The molecule has 0 saturated heterocycles. The van der Waals surface area contributed by atoms with Gasteiger partial charge >= 0.3 is 0 Å². The van der Waals surface area contributed by atoms with E-state index >= 15 is 4.57 Å². The number of anilines is 3. The Hall–Kier alpha value is -7.03. The molecule has 0 bridgehead atoms. The minimum Gasteiger partial charge on any atom is -0.504 e. The first-order valence-electron chi connectivity index (χ1n) is 16.3. The van der Waals surface area contributed by atoms with Gasteiger partial charge in [0.1, 0.15) is 11.4 Å². The van der Waals surface area contributed by atoms with Crippen LogP contribution < -0.4 is 20.8 Å². The highest BCUT2D eigenvalue weighted by Gasteiger charge is 2.37. The van der Waals surface area contributed by atoms with Gasteiger partial charge < -0.3 is 45.4 Å². The Morgan fingerprint density at radius 2 is 0.679 bits per heavy atom. The molecule has 0 aliphatic rings. The highest BCUT2D eigenvalue weighted by Crippen LogP contribution is 2.63. The Bertz CT molecular complexity index is 2300. The van der Waals surface area contributed by atoms with Crippen molar-refractivity contribution >= 4 is 40.1 Å². The van der Waals surface area contributed by atoms with Gasteiger partial charge in [0.05, 0.1) is 11.1 Å². The quantitative estimate of drug-likeness (QED) is 0.0438. The molecule has 0 spiro atoms. The third kappa shape index (κ3) is 5.67. The summed E-state index contributed by atoms with van der Waals surface area (Å²) >= 11 is 0. The van der Waals surface area contributed by atoms with Gasteiger partial charge in [-0.05, 0) is 23.3 Å². The SMILES string of the molecule is O=P(c1ccccc1)(c1ccccc1)c1cccc(N(c2c(O)c(O)c(-c3ccccc3)c(O)c2O)c2c(O)c(O)c(-c3ccccc3)c(O)c2O)c1. The van der Waals surface area contributed by atoms with Crippen molar-refractivity contribution in [2.75, 3.05) is 4.90 Å². The van der Waals surface area contributed by atoms with Crippen molar-refractivity contribution in [1.29, 1.82) is 0 Å². The summed E-state index contributed by atoms with van der Waals surface area (Å²) in [5, 5.41) is 93.4. The first-order valence-corrected chi connectivity index (χ1v) is 18.0. The van der Waals surface area contributed by atoms with Crippen LogP contribution in [-0.4, -0.2) is 40.9 Å². The molecule has 0 fully saturated rings. The van der Waals surface area contributed by atoms with Gasteiger partial charge in [-0.15, -0.1) is 0 Å². The van der Waals surface area contributed by atoms with Crippen molar-refractivity contribution in [3.05, 3.63) is 146 Å². The average molecular weight is 726 g/mol. The van der Waals surface area contributed by atoms with E-state index in [1.807, 2.05) is 0 Å². The van der Waals surface area contributed by atoms with Crippen LogP contribution in [0.4, 0.5) is 17.1 Å². The molecule has 0 aliphatic carbocycles. The lowest BCUT2D eigenvalue weighted by Gasteiger charge is -2.31. The van der Waals surface area contributed by atoms with Crippen LogP contribution in [0.25, 0.3) is 22.3 Å². The molecule has 7 aromatic rings. The highest BCUT2D eigenvalue weighted by molar-refractivity contribution is 7.85. The summed E-state index contributed by atoms with van der Waals surface area (Å²) in [4.78, 5) is 0.835. The fourth-order valence-corrected chi connectivity index (χ4v) is 9.16. The third-order valence-corrected chi connectivity index (χ3v) is 12.1. The maximum absolute atomic E-state index is 15.4. The first kappa shape index (κ1) is 34.4. The number of nitrogens with zero attached hydrogens (tertiary/aromatic N) is 1. The number of benzene rings is 7. The summed E-state index contributed by atoms with van der Waals surface area (Å²) in [6.45, 7) is 0. The second-order valence-corrected chi connectivity index (χ2v) is 14.9. The topological polar surface area (TPSA) is 182 Å². The molecular weight excluding hydrogens is 693 g/mol. The standard InChI is InChI=1S/C42H32NO9P/c44-35-31(25-14-5-1-6-15-25)36(45)40(49)33(39(35)48)43(34-41(50)37(46)32(38(47)42(34)51)26-16-7-2-8-17-26)27-18-13-23-30(24-27)53(52,28-19-9-3-10-20-28)29-21-11-4-12-22-29/h1-24,44-51H. The number of hydrogen-bond acceptors (Lipinski definition) is 10. The Morgan fingerprint density at radius 1 is 0.358 bits per heavy atom. The number of phenolic OH excluding ortho intramolecular Hbond substituents is 8. The summed E-state index contributed by atoms with van der Waals surface area (Å²) < 4.78 is 15.4. The smallest absolute Gasteiger partial charge is 0.186 e. The predicted molar refractivity (Wildman–Crippen MR) is 205 cm³/mol. The maximum Gasteiger partial charge on any atom is 0.186 e. The normalized spacial score (nSPS) is 11.3. The second kappa shape index (κ2) is 13.6. The number of aromatic hydroxyl groups is 8. The molecule has 0 aliphatic heterocycles. The summed E-state index contributed by atoms with van der Waals surface area (Å²) in [6, 6.07) is 39.2. The molecule has 11 heteroatoms. The zero-order chi connectivity index (χ0) is 37.4. The Labute approximate surface area is 303 Å². The zero-order valence-electron chi connectivity index (χ0n) is 27.7. The van der Waals surface area contributed by atoms with Crippen LogP contribution in [0.5, 0.6) is 46.0 Å². The van der Waals surface area contributed by atoms with Crippen LogP contribution >= 0.6 is 7.14 Å². The number of phenols is 8. The fraction of sp³-hybridized carbons (Fsp3) is 0. The van der Waals surface area contributed by atoms with Crippen LogP contribution in [0.1, 0.15) is 0 Å². The highest BCUT2D eigenvalue weighted by atomic mass is 31.2. The van der Waals surface area contributed by atoms with Gasteiger partial charge in [0, 0.05) is 21.6 Å². The van der Waals surface area contributed by atoms with E-state index in [9.17, 15) is 40.9 Å². The minimum atomic E-state index is -3.68. The average Bonchev–Trinajstić information content (AvgIpc) is 3.20. The second-order valence-electron chi connectivity index (χ2n) is 12.1. The van der Waals surface area contributed by atoms with E-state index in [0.717, 1.165) is 4.90 Å². The Morgan fingerprint density at radius 3 is 1.04 bits per heavy atom. The summed E-state index contributed by atoms with van der Waals surface area (Å²) in [5.41, 5.74) is -1.81. The van der Waals surface area contributed by atoms with Crippen molar-refractivity contribution < 1.29 is 45.4 Å². The van der Waals surface area contributed by atoms with Gasteiger partial charge in [0.25, 0.3) is 0 Å². The van der Waals surface area contributed by atoms with Gasteiger partial charge in [-0.3, -0.25) is 4.90 Å². The van der Waals surface area contributed by atoms with E-state index < -0.39 is 64.5 Å². The van der Waals surface area contributed by atoms with Crippen LogP contribution in [0.15, 0.2) is 146 Å². The minimum absolute atomic E-state index is 0.0942. The molecule has 8 N–H and O–H groups in total. The monoisotopic (exact) mass is 725 g/mol. The van der Waals surface area contributed by atoms with Gasteiger partial charge in [0.2, 0.25) is 0 Å². The summed E-state index contributed by atoms with van der Waals surface area (Å²) in [6.07, 6.45) is 0. The maximum atomic E-state index is 15.4. The van der Waals surface area contributed by atoms with E-state index in [1.165, 1.54) is 42.5 Å². The zero-order valence-corrected chi connectivity index (χ0v) is 28.6. The molecule has 0 saturated carbocycles. The molecule has 0 aromatic heterocycles. The Balaban J connectivity index is 1.56. The van der Waals surface area contributed by atoms with E-state index in [1.54, 1.807) is 103 Å². The van der Waals surface area contributed by atoms with Crippen LogP contribution in [0, 0.1) is 0 Å². The summed E-state index contributed by atoms with van der Waals surface area (Å²) in [7, 11) is -3.68. The van der Waals surface area contributed by atoms with E-state index in [-0.39, 0.29) is 33.2 Å². The van der Waals surface area contributed by atoms with Crippen molar-refractivity contribution in [3.8, 4) is 68.2 Å². The van der Waals surface area contributed by atoms with Crippen LogP contribution in [0.2, 0.25) is 0 Å². The lowest BCUT2D eigenvalue weighted by atomic mass is 9.98. The van der Waals surface area contributed by atoms with Crippen molar-refractivity contribution in [3.63, 3.8) is 0 Å². The molecule has 0 heterocycles. The largest absolute Gasteiger partial charge is 0.504 e. The molecule has 7 aromatic carbocycles. The van der Waals surface area contributed by atoms with Crippen LogP contribution in [-0.2, 0) is 4.57 Å². The lowest BCUT2D eigenvalue weighted by Crippen LogP contribution is -2.25. The van der Waals surface area contributed by atoms with Gasteiger partial charge in [0.15, 0.2) is 53.1 Å². The van der Waals surface area contributed by atoms with Crippen molar-refractivity contribution in [2.45, 2.75) is 0 Å². The molecule has 10 nitrogen and oxygen atoms in total. The molecule has 53 heavy (non-hydrogen) atoms. The predicted octanol–water partition coefficient (Wildman–Crippen LogP) is 7.77. The van der Waals surface area contributed by atoms with E-state index in [4.69, 9.17) is 0 Å².